The molecule has 24 heavy (non-hydrogen) atoms. The summed E-state index contributed by atoms with van der Waals surface area (Å²) in [6.07, 6.45) is -0.172. The monoisotopic (exact) mass is 323 g/mol. The van der Waals surface area contributed by atoms with Crippen molar-refractivity contribution in [2.24, 2.45) is 0 Å². The SMILES string of the molecule is CC(CC(O)c1ccccc1)NC(=O)NCc1ccc(C#N)cc1. The molecule has 0 fully saturated rings. The molecule has 0 saturated heterocycles. The lowest BCUT2D eigenvalue weighted by molar-refractivity contribution is 0.154. The highest BCUT2D eigenvalue weighted by molar-refractivity contribution is 5.74. The van der Waals surface area contributed by atoms with Gasteiger partial charge in [0, 0.05) is 12.6 Å². The van der Waals surface area contributed by atoms with E-state index in [0.29, 0.717) is 18.5 Å². The zero-order valence-electron chi connectivity index (χ0n) is 13.6. The highest BCUT2D eigenvalue weighted by atomic mass is 16.3. The third kappa shape index (κ3) is 5.41. The van der Waals surface area contributed by atoms with Gasteiger partial charge in [-0.2, -0.15) is 5.26 Å². The molecule has 2 aromatic carbocycles. The van der Waals surface area contributed by atoms with Crippen LogP contribution >= 0.6 is 0 Å². The zero-order valence-corrected chi connectivity index (χ0v) is 13.6. The molecule has 2 aromatic rings. The molecule has 5 nitrogen and oxygen atoms in total. The van der Waals surface area contributed by atoms with Crippen molar-refractivity contribution in [1.82, 2.24) is 10.6 Å². The molecule has 124 valence electrons. The summed E-state index contributed by atoms with van der Waals surface area (Å²) >= 11 is 0. The summed E-state index contributed by atoms with van der Waals surface area (Å²) in [7, 11) is 0. The first-order chi connectivity index (χ1) is 11.6. The van der Waals surface area contributed by atoms with E-state index in [1.807, 2.05) is 37.3 Å². The molecule has 0 bridgehead atoms. The summed E-state index contributed by atoms with van der Waals surface area (Å²) in [6.45, 7) is 2.24. The van der Waals surface area contributed by atoms with E-state index in [9.17, 15) is 9.90 Å². The molecule has 2 unspecified atom stereocenters. The third-order valence-electron chi connectivity index (χ3n) is 3.67. The molecule has 0 radical (unpaired) electrons. The molecule has 2 rings (SSSR count). The predicted molar refractivity (Wildman–Crippen MR) is 92.0 cm³/mol. The van der Waals surface area contributed by atoms with Crippen LogP contribution in [0.25, 0.3) is 0 Å². The van der Waals surface area contributed by atoms with Crippen LogP contribution in [0.4, 0.5) is 4.79 Å². The van der Waals surface area contributed by atoms with Crippen LogP contribution in [0.2, 0.25) is 0 Å². The largest absolute Gasteiger partial charge is 0.388 e. The number of nitrogens with zero attached hydrogens (tertiary/aromatic N) is 1. The molecular formula is C19H21N3O2. The summed E-state index contributed by atoms with van der Waals surface area (Å²) in [5.41, 5.74) is 2.34. The lowest BCUT2D eigenvalue weighted by atomic mass is 10.0. The second-order valence-corrected chi connectivity index (χ2v) is 5.70. The number of hydrogen-bond donors (Lipinski definition) is 3. The Morgan fingerprint density at radius 1 is 1.17 bits per heavy atom. The van der Waals surface area contributed by atoms with Gasteiger partial charge in [0.2, 0.25) is 0 Å². The Morgan fingerprint density at radius 3 is 2.46 bits per heavy atom. The maximum atomic E-state index is 11.9. The second-order valence-electron chi connectivity index (χ2n) is 5.70. The number of nitrogens with one attached hydrogen (secondary N) is 2. The summed E-state index contributed by atoms with van der Waals surface area (Å²) in [5, 5.41) is 24.5. The molecule has 3 N–H and O–H groups in total. The Bertz CT molecular complexity index is 693. The van der Waals surface area contributed by atoms with Gasteiger partial charge in [-0.15, -0.1) is 0 Å². The van der Waals surface area contributed by atoms with Gasteiger partial charge in [0.1, 0.15) is 0 Å². The molecule has 0 saturated carbocycles. The normalized spacial score (nSPS) is 12.7. The first-order valence-electron chi connectivity index (χ1n) is 7.85. The number of hydrogen-bond acceptors (Lipinski definition) is 3. The maximum Gasteiger partial charge on any atom is 0.315 e. The first-order valence-corrected chi connectivity index (χ1v) is 7.85. The van der Waals surface area contributed by atoms with Crippen LogP contribution in [0.3, 0.4) is 0 Å². The van der Waals surface area contributed by atoms with Gasteiger partial charge in [-0.1, -0.05) is 42.5 Å². The van der Waals surface area contributed by atoms with Crippen LogP contribution < -0.4 is 10.6 Å². The Kier molecular flexibility index (Phi) is 6.35. The number of benzene rings is 2. The smallest absolute Gasteiger partial charge is 0.315 e. The van der Waals surface area contributed by atoms with E-state index in [2.05, 4.69) is 16.7 Å². The number of aliphatic hydroxyl groups is 1. The molecule has 0 aliphatic carbocycles. The minimum atomic E-state index is -0.611. The van der Waals surface area contributed by atoms with Gasteiger partial charge < -0.3 is 15.7 Å². The zero-order chi connectivity index (χ0) is 17.4. The number of carbonyl (C=O) groups is 1. The van der Waals surface area contributed by atoms with E-state index >= 15 is 0 Å². The van der Waals surface area contributed by atoms with Crippen LogP contribution in [0.5, 0.6) is 0 Å². The fraction of sp³-hybridized carbons (Fsp3) is 0.263. The Morgan fingerprint density at radius 2 is 1.83 bits per heavy atom. The van der Waals surface area contributed by atoms with Crippen LogP contribution in [0, 0.1) is 11.3 Å². The maximum absolute atomic E-state index is 11.9. The average Bonchev–Trinajstić information content (AvgIpc) is 2.61. The second kappa shape index (κ2) is 8.70. The Labute approximate surface area is 141 Å². The van der Waals surface area contributed by atoms with Crippen LogP contribution in [-0.2, 0) is 6.54 Å². The van der Waals surface area contributed by atoms with Gasteiger partial charge in [-0.3, -0.25) is 0 Å². The molecule has 0 aliphatic rings. The fourth-order valence-corrected chi connectivity index (χ4v) is 2.36. The van der Waals surface area contributed by atoms with E-state index in [-0.39, 0.29) is 12.1 Å². The Balaban J connectivity index is 1.76. The van der Waals surface area contributed by atoms with Crippen LogP contribution in [0.15, 0.2) is 54.6 Å². The lowest BCUT2D eigenvalue weighted by Crippen LogP contribution is -2.41. The highest BCUT2D eigenvalue weighted by Gasteiger charge is 2.14. The topological polar surface area (TPSA) is 85.2 Å². The standard InChI is InChI=1S/C19H21N3O2/c1-14(11-18(23)17-5-3-2-4-6-17)22-19(24)21-13-16-9-7-15(12-20)8-10-16/h2-10,14,18,23H,11,13H2,1H3,(H2,21,22,24). The van der Waals surface area contributed by atoms with Gasteiger partial charge >= 0.3 is 6.03 Å². The summed E-state index contributed by atoms with van der Waals surface area (Å²) < 4.78 is 0. The van der Waals surface area contributed by atoms with Crippen molar-refractivity contribution in [2.45, 2.75) is 32.0 Å². The van der Waals surface area contributed by atoms with E-state index in [1.54, 1.807) is 24.3 Å². The molecule has 2 amide bonds. The van der Waals surface area contributed by atoms with E-state index in [1.165, 1.54) is 0 Å². The van der Waals surface area contributed by atoms with Crippen LogP contribution in [0.1, 0.15) is 36.1 Å². The van der Waals surface area contributed by atoms with Crippen molar-refractivity contribution in [1.29, 1.82) is 5.26 Å². The van der Waals surface area contributed by atoms with E-state index < -0.39 is 6.10 Å². The van der Waals surface area contributed by atoms with Crippen molar-refractivity contribution in [3.8, 4) is 6.07 Å². The van der Waals surface area contributed by atoms with E-state index in [4.69, 9.17) is 5.26 Å². The van der Waals surface area contributed by atoms with Gasteiger partial charge in [-0.05, 0) is 36.6 Å². The lowest BCUT2D eigenvalue weighted by Gasteiger charge is -2.18. The molecule has 0 heterocycles. The molecular weight excluding hydrogens is 302 g/mol. The van der Waals surface area contributed by atoms with E-state index in [0.717, 1.165) is 11.1 Å². The quantitative estimate of drug-likeness (QED) is 0.764. The minimum absolute atomic E-state index is 0.166. The van der Waals surface area contributed by atoms with Crippen molar-refractivity contribution < 1.29 is 9.90 Å². The fourth-order valence-electron chi connectivity index (χ4n) is 2.36. The molecule has 0 aliphatic heterocycles. The first kappa shape index (κ1) is 17.5. The number of amides is 2. The van der Waals surface area contributed by atoms with Gasteiger partial charge in [0.25, 0.3) is 0 Å². The van der Waals surface area contributed by atoms with Gasteiger partial charge in [0.05, 0.1) is 17.7 Å². The number of urea groups is 1. The highest BCUT2D eigenvalue weighted by Crippen LogP contribution is 2.17. The Hall–Kier alpha value is -2.84. The number of nitriles is 1. The number of aliphatic hydroxyl groups excluding tert-OH is 1. The van der Waals surface area contributed by atoms with Crippen molar-refractivity contribution in [3.63, 3.8) is 0 Å². The van der Waals surface area contributed by atoms with Crippen LogP contribution in [-0.4, -0.2) is 17.2 Å². The minimum Gasteiger partial charge on any atom is -0.388 e. The summed E-state index contributed by atoms with van der Waals surface area (Å²) in [4.78, 5) is 11.9. The predicted octanol–water partition coefficient (Wildman–Crippen LogP) is 2.87. The summed E-state index contributed by atoms with van der Waals surface area (Å²) in [6, 6.07) is 18.0. The molecule has 0 spiro atoms. The van der Waals surface area contributed by atoms with Crippen molar-refractivity contribution >= 4 is 6.03 Å². The van der Waals surface area contributed by atoms with Crippen molar-refractivity contribution in [3.05, 3.63) is 71.3 Å². The molecule has 2 atom stereocenters. The third-order valence-corrected chi connectivity index (χ3v) is 3.67. The summed E-state index contributed by atoms with van der Waals surface area (Å²) in [5.74, 6) is 0. The number of rotatable bonds is 6. The molecule has 5 heteroatoms. The number of carbonyl (C=O) groups excluding carboxylic acids is 1. The van der Waals surface area contributed by atoms with Gasteiger partial charge in [-0.25, -0.2) is 4.79 Å². The van der Waals surface area contributed by atoms with Crippen molar-refractivity contribution in [2.75, 3.05) is 0 Å². The molecule has 0 aromatic heterocycles. The van der Waals surface area contributed by atoms with Gasteiger partial charge in [0.15, 0.2) is 0 Å². The average molecular weight is 323 g/mol.